The zero-order valence-corrected chi connectivity index (χ0v) is 18.3. The number of para-hydroxylation sites is 2. The van der Waals surface area contributed by atoms with Crippen LogP contribution in [0.25, 0.3) is 5.69 Å². The first-order valence-electron chi connectivity index (χ1n) is 9.73. The smallest absolute Gasteiger partial charge is 0.363 e. The number of hydrogen-bond acceptors (Lipinski definition) is 7. The van der Waals surface area contributed by atoms with E-state index in [0.717, 1.165) is 5.69 Å². The van der Waals surface area contributed by atoms with Crippen LogP contribution in [0, 0.1) is 0 Å². The lowest BCUT2D eigenvalue weighted by molar-refractivity contribution is -0.115. The van der Waals surface area contributed by atoms with Crippen LogP contribution in [0.1, 0.15) is 23.1 Å². The third kappa shape index (κ3) is 4.52. The maximum Gasteiger partial charge on any atom is 0.363 e. The molecule has 1 amide bonds. The molecule has 0 atom stereocenters. The van der Waals surface area contributed by atoms with Gasteiger partial charge in [0.2, 0.25) is 11.6 Å². The van der Waals surface area contributed by atoms with Crippen LogP contribution in [0.15, 0.2) is 72.2 Å². The fourth-order valence-corrected chi connectivity index (χ4v) is 3.91. The lowest BCUT2D eigenvalue weighted by Gasteiger charge is -2.17. The molecule has 0 bridgehead atoms. The molecule has 2 aromatic carbocycles. The predicted molar refractivity (Wildman–Crippen MR) is 121 cm³/mol. The molecule has 162 valence electrons. The van der Waals surface area contributed by atoms with Crippen molar-refractivity contribution in [3.8, 4) is 11.4 Å². The van der Waals surface area contributed by atoms with Crippen LogP contribution < -0.4 is 9.64 Å². The molecule has 4 rings (SSSR count). The van der Waals surface area contributed by atoms with Crippen molar-refractivity contribution in [3.05, 3.63) is 83.6 Å². The van der Waals surface area contributed by atoms with Gasteiger partial charge in [0.1, 0.15) is 6.61 Å². The summed E-state index contributed by atoms with van der Waals surface area (Å²) < 4.78 is 12.3. The number of hydrogen-bond donors (Lipinski definition) is 0. The molecular weight excluding hydrogens is 428 g/mol. The van der Waals surface area contributed by atoms with Crippen molar-refractivity contribution < 1.29 is 19.1 Å². The Kier molecular flexibility index (Phi) is 6.27. The number of esters is 1. The van der Waals surface area contributed by atoms with E-state index in [-0.39, 0.29) is 18.2 Å². The SMILES string of the molecule is COc1cn(-c2ccccc2)nc1C(=O)OCc1csc(N(C(C)=O)c2ccccc2)n1. The minimum Gasteiger partial charge on any atom is -0.493 e. The van der Waals surface area contributed by atoms with Crippen molar-refractivity contribution in [1.29, 1.82) is 0 Å². The zero-order chi connectivity index (χ0) is 22.5. The molecule has 0 saturated carbocycles. The average Bonchev–Trinajstić information content (AvgIpc) is 3.46. The van der Waals surface area contributed by atoms with E-state index in [4.69, 9.17) is 9.47 Å². The molecule has 0 aliphatic heterocycles. The van der Waals surface area contributed by atoms with Gasteiger partial charge in [-0.2, -0.15) is 5.10 Å². The number of amides is 1. The molecule has 8 nitrogen and oxygen atoms in total. The fraction of sp³-hybridized carbons (Fsp3) is 0.130. The number of carbonyl (C=O) groups excluding carboxylic acids is 2. The van der Waals surface area contributed by atoms with Gasteiger partial charge in [-0.05, 0) is 24.3 Å². The molecule has 9 heteroatoms. The summed E-state index contributed by atoms with van der Waals surface area (Å²) in [4.78, 5) is 30.8. The molecule has 2 aromatic heterocycles. The summed E-state index contributed by atoms with van der Waals surface area (Å²) in [6, 6.07) is 18.6. The van der Waals surface area contributed by atoms with Gasteiger partial charge in [0.25, 0.3) is 0 Å². The second kappa shape index (κ2) is 9.44. The summed E-state index contributed by atoms with van der Waals surface area (Å²) in [5.74, 6) is -0.479. The fourth-order valence-electron chi connectivity index (χ4n) is 3.04. The van der Waals surface area contributed by atoms with E-state index in [0.29, 0.717) is 22.3 Å². The number of ether oxygens (including phenoxy) is 2. The zero-order valence-electron chi connectivity index (χ0n) is 17.5. The van der Waals surface area contributed by atoms with Crippen LogP contribution in [0.2, 0.25) is 0 Å². The number of thiazole rings is 1. The molecule has 0 aliphatic rings. The average molecular weight is 449 g/mol. The molecule has 0 spiro atoms. The third-order valence-electron chi connectivity index (χ3n) is 4.53. The van der Waals surface area contributed by atoms with Gasteiger partial charge in [-0.3, -0.25) is 9.69 Å². The molecule has 0 radical (unpaired) electrons. The normalized spacial score (nSPS) is 10.6. The van der Waals surface area contributed by atoms with Crippen molar-refractivity contribution in [2.45, 2.75) is 13.5 Å². The van der Waals surface area contributed by atoms with Crippen LogP contribution in [-0.4, -0.2) is 33.8 Å². The summed E-state index contributed by atoms with van der Waals surface area (Å²) in [5.41, 5.74) is 2.11. The van der Waals surface area contributed by atoms with Gasteiger partial charge in [-0.25, -0.2) is 14.5 Å². The number of aromatic nitrogens is 3. The summed E-state index contributed by atoms with van der Waals surface area (Å²) in [6.07, 6.45) is 1.62. The minimum absolute atomic E-state index is 0.0583. The number of carbonyl (C=O) groups is 2. The number of methoxy groups -OCH3 is 1. The van der Waals surface area contributed by atoms with Gasteiger partial charge in [0, 0.05) is 12.3 Å². The van der Waals surface area contributed by atoms with Crippen LogP contribution in [0.4, 0.5) is 10.8 Å². The van der Waals surface area contributed by atoms with E-state index in [1.165, 1.54) is 30.3 Å². The monoisotopic (exact) mass is 448 g/mol. The molecule has 0 saturated heterocycles. The molecule has 0 unspecified atom stereocenters. The Morgan fingerprint density at radius 2 is 1.75 bits per heavy atom. The standard InChI is InChI=1S/C23H20N4O4S/c1-16(28)27(19-11-7-4-8-12-19)23-24-17(15-32-23)14-31-22(29)21-20(30-2)13-26(25-21)18-9-5-3-6-10-18/h3-13,15H,14H2,1-2H3. The Hall–Kier alpha value is -3.98. The Balaban J connectivity index is 1.48. The summed E-state index contributed by atoms with van der Waals surface area (Å²) in [6.45, 7) is 1.42. The van der Waals surface area contributed by atoms with E-state index in [1.54, 1.807) is 16.3 Å². The van der Waals surface area contributed by atoms with E-state index in [1.807, 2.05) is 60.7 Å². The maximum absolute atomic E-state index is 12.6. The van der Waals surface area contributed by atoms with Gasteiger partial charge in [-0.15, -0.1) is 11.3 Å². The van der Waals surface area contributed by atoms with Gasteiger partial charge >= 0.3 is 5.97 Å². The second-order valence-electron chi connectivity index (χ2n) is 6.71. The van der Waals surface area contributed by atoms with E-state index >= 15 is 0 Å². The number of anilines is 2. The molecule has 32 heavy (non-hydrogen) atoms. The highest BCUT2D eigenvalue weighted by Crippen LogP contribution is 2.29. The maximum atomic E-state index is 12.6. The summed E-state index contributed by atoms with van der Waals surface area (Å²) >= 11 is 1.30. The highest BCUT2D eigenvalue weighted by molar-refractivity contribution is 7.14. The van der Waals surface area contributed by atoms with Crippen molar-refractivity contribution >= 4 is 34.0 Å². The van der Waals surface area contributed by atoms with Crippen LogP contribution in [0.3, 0.4) is 0 Å². The van der Waals surface area contributed by atoms with E-state index in [9.17, 15) is 9.59 Å². The molecule has 4 aromatic rings. The van der Waals surface area contributed by atoms with E-state index < -0.39 is 5.97 Å². The Morgan fingerprint density at radius 1 is 1.06 bits per heavy atom. The molecular formula is C23H20N4O4S. The highest BCUT2D eigenvalue weighted by Gasteiger charge is 2.22. The molecule has 0 fully saturated rings. The molecule has 2 heterocycles. The first kappa shape index (κ1) is 21.3. The van der Waals surface area contributed by atoms with Crippen molar-refractivity contribution in [3.63, 3.8) is 0 Å². The van der Waals surface area contributed by atoms with E-state index in [2.05, 4.69) is 10.1 Å². The van der Waals surface area contributed by atoms with Crippen LogP contribution in [0.5, 0.6) is 5.75 Å². The van der Waals surface area contributed by atoms with Gasteiger partial charge < -0.3 is 9.47 Å². The Bertz CT molecular complexity index is 1220. The largest absolute Gasteiger partial charge is 0.493 e. The molecule has 0 N–H and O–H groups in total. The minimum atomic E-state index is -0.627. The first-order valence-corrected chi connectivity index (χ1v) is 10.6. The lowest BCUT2D eigenvalue weighted by Crippen LogP contribution is -2.22. The summed E-state index contributed by atoms with van der Waals surface area (Å²) in [7, 11) is 1.47. The number of benzene rings is 2. The lowest BCUT2D eigenvalue weighted by atomic mass is 10.3. The van der Waals surface area contributed by atoms with Gasteiger partial charge in [0.05, 0.1) is 30.4 Å². The predicted octanol–water partition coefficient (Wildman–Crippen LogP) is 4.38. The van der Waals surface area contributed by atoms with Gasteiger partial charge in [0.15, 0.2) is 10.9 Å². The second-order valence-corrected chi connectivity index (χ2v) is 7.55. The quantitative estimate of drug-likeness (QED) is 0.390. The van der Waals surface area contributed by atoms with Crippen molar-refractivity contribution in [1.82, 2.24) is 14.8 Å². The Labute approximate surface area is 188 Å². The highest BCUT2D eigenvalue weighted by atomic mass is 32.1. The van der Waals surface area contributed by atoms with Crippen LogP contribution in [-0.2, 0) is 16.1 Å². The number of rotatable bonds is 7. The van der Waals surface area contributed by atoms with Crippen molar-refractivity contribution in [2.75, 3.05) is 12.0 Å². The topological polar surface area (TPSA) is 86.6 Å². The number of nitrogens with zero attached hydrogens (tertiary/aromatic N) is 4. The van der Waals surface area contributed by atoms with Crippen LogP contribution >= 0.6 is 11.3 Å². The Morgan fingerprint density at radius 3 is 2.41 bits per heavy atom. The first-order chi connectivity index (χ1) is 15.6. The van der Waals surface area contributed by atoms with Crippen molar-refractivity contribution in [2.24, 2.45) is 0 Å². The third-order valence-corrected chi connectivity index (χ3v) is 5.40. The van der Waals surface area contributed by atoms with Gasteiger partial charge in [-0.1, -0.05) is 36.4 Å². The summed E-state index contributed by atoms with van der Waals surface area (Å²) in [5, 5.41) is 6.56. The molecule has 0 aliphatic carbocycles.